The summed E-state index contributed by atoms with van der Waals surface area (Å²) in [5.41, 5.74) is 0. The zero-order valence-electron chi connectivity index (χ0n) is 16.7. The van der Waals surface area contributed by atoms with Crippen LogP contribution in [0.1, 0.15) is 55.4 Å². The van der Waals surface area contributed by atoms with Gasteiger partial charge >= 0.3 is 6.98 Å². The molecule has 1 aromatic carbocycles. The number of rotatable bonds is 9. The molecule has 1 aromatic rings. The third-order valence-corrected chi connectivity index (χ3v) is 5.03. The third-order valence-electron chi connectivity index (χ3n) is 4.19. The molecule has 0 atom stereocenters. The molecule has 134 valence electrons. The van der Waals surface area contributed by atoms with E-state index in [0.717, 1.165) is 0 Å². The fraction of sp³-hybridized carbons (Fsp3) is 0.600. The fourth-order valence-electron chi connectivity index (χ4n) is 3.45. The minimum absolute atomic E-state index is 0.307. The average Bonchev–Trinajstić information content (AvgIpc) is 2.46. The lowest BCUT2D eigenvalue weighted by Gasteiger charge is -2.44. The smallest absolute Gasteiger partial charge is 0.320 e. The van der Waals surface area contributed by atoms with Crippen LogP contribution in [0.5, 0.6) is 0 Å². The Morgan fingerprint density at radius 2 is 1.17 bits per heavy atom. The molecule has 0 heterocycles. The van der Waals surface area contributed by atoms with Crippen LogP contribution in [0.2, 0.25) is 0 Å². The van der Waals surface area contributed by atoms with Crippen LogP contribution in [0, 0.1) is 0 Å². The van der Waals surface area contributed by atoms with Crippen molar-refractivity contribution < 1.29 is 0 Å². The molecule has 1 rings (SSSR count). The van der Waals surface area contributed by atoms with Gasteiger partial charge in [-0.3, -0.25) is 0 Å². The molecule has 0 saturated heterocycles. The quantitative estimate of drug-likeness (QED) is 0.427. The Morgan fingerprint density at radius 3 is 1.54 bits per heavy atom. The second kappa shape index (κ2) is 10.3. The van der Waals surface area contributed by atoms with Crippen LogP contribution >= 0.6 is 11.8 Å². The van der Waals surface area contributed by atoms with Gasteiger partial charge in [-0.15, -0.1) is 0 Å². The summed E-state index contributed by atoms with van der Waals surface area (Å²) < 4.78 is 0. The van der Waals surface area contributed by atoms with Crippen LogP contribution in [0.15, 0.2) is 46.6 Å². The van der Waals surface area contributed by atoms with Gasteiger partial charge < -0.3 is 9.62 Å². The predicted molar refractivity (Wildman–Crippen MR) is 111 cm³/mol. The first kappa shape index (κ1) is 21.3. The lowest BCUT2D eigenvalue weighted by atomic mass is 9.67. The third kappa shape index (κ3) is 6.31. The van der Waals surface area contributed by atoms with Gasteiger partial charge in [0.25, 0.3) is 0 Å². The Balaban J connectivity index is 3.07. The molecular weight excluding hydrogens is 311 g/mol. The van der Waals surface area contributed by atoms with Crippen molar-refractivity contribution in [3.8, 4) is 0 Å². The summed E-state index contributed by atoms with van der Waals surface area (Å²) >= 11 is 1.80. The van der Waals surface area contributed by atoms with Crippen molar-refractivity contribution in [2.45, 2.75) is 84.5 Å². The van der Waals surface area contributed by atoms with Crippen LogP contribution in [0.25, 0.3) is 0 Å². The van der Waals surface area contributed by atoms with Gasteiger partial charge in [-0.25, -0.2) is 0 Å². The normalized spacial score (nSPS) is 12.8. The Labute approximate surface area is 154 Å². The summed E-state index contributed by atoms with van der Waals surface area (Å²) in [6.45, 7) is 18.7. The highest BCUT2D eigenvalue weighted by Crippen LogP contribution is 2.22. The molecule has 0 aliphatic heterocycles. The molecule has 0 N–H and O–H groups in total. The molecule has 0 spiro atoms. The molecule has 0 fully saturated rings. The number of hydrogen-bond donors (Lipinski definition) is 0. The lowest BCUT2D eigenvalue weighted by molar-refractivity contribution is 0.227. The van der Waals surface area contributed by atoms with Crippen molar-refractivity contribution in [3.05, 3.63) is 41.7 Å². The number of benzene rings is 1. The van der Waals surface area contributed by atoms with Crippen LogP contribution in [-0.4, -0.2) is 40.8 Å². The number of nitrogens with zero attached hydrogens (tertiary/aromatic N) is 2. The van der Waals surface area contributed by atoms with E-state index in [0.29, 0.717) is 31.1 Å². The monoisotopic (exact) mass is 346 g/mol. The topological polar surface area (TPSA) is 6.48 Å². The van der Waals surface area contributed by atoms with E-state index in [1.807, 2.05) is 0 Å². The van der Waals surface area contributed by atoms with Crippen LogP contribution in [0.3, 0.4) is 0 Å². The average molecular weight is 346 g/mol. The summed E-state index contributed by atoms with van der Waals surface area (Å²) in [5, 5.41) is 2.26. The molecule has 4 heteroatoms. The van der Waals surface area contributed by atoms with Gasteiger partial charge in [0.1, 0.15) is 0 Å². The maximum Gasteiger partial charge on any atom is 0.339 e. The standard InChI is InChI=1S/C20H35BN2S/c1-16(2)22(17(3)4)21(23(18(5)6)19(7)8)14-15-24-20-12-10-9-11-13-20/h9-19H,1-8H3/b15-14-. The molecule has 0 radical (unpaired) electrons. The van der Waals surface area contributed by atoms with E-state index in [2.05, 4.69) is 107 Å². The van der Waals surface area contributed by atoms with E-state index < -0.39 is 0 Å². The second-order valence-electron chi connectivity index (χ2n) is 7.44. The Morgan fingerprint density at radius 1 is 0.750 bits per heavy atom. The van der Waals surface area contributed by atoms with Crippen LogP contribution in [0.4, 0.5) is 0 Å². The Kier molecular flexibility index (Phi) is 9.18. The molecule has 0 aliphatic rings. The summed E-state index contributed by atoms with van der Waals surface area (Å²) in [5.74, 6) is 2.37. The van der Waals surface area contributed by atoms with Crippen molar-refractivity contribution in [2.75, 3.05) is 0 Å². The first-order valence-electron chi connectivity index (χ1n) is 9.19. The van der Waals surface area contributed by atoms with Crippen molar-refractivity contribution in [1.29, 1.82) is 0 Å². The van der Waals surface area contributed by atoms with E-state index in [9.17, 15) is 0 Å². The van der Waals surface area contributed by atoms with Gasteiger partial charge in [0.15, 0.2) is 0 Å². The molecule has 0 aliphatic carbocycles. The number of thioether (sulfide) groups is 1. The second-order valence-corrected chi connectivity index (χ2v) is 8.42. The molecule has 0 bridgehead atoms. The van der Waals surface area contributed by atoms with E-state index >= 15 is 0 Å². The van der Waals surface area contributed by atoms with Gasteiger partial charge in [0.05, 0.1) is 0 Å². The van der Waals surface area contributed by atoms with Crippen molar-refractivity contribution in [2.24, 2.45) is 0 Å². The van der Waals surface area contributed by atoms with E-state index in [-0.39, 0.29) is 0 Å². The lowest BCUT2D eigenvalue weighted by Crippen LogP contribution is -2.60. The molecule has 0 amide bonds. The molecule has 24 heavy (non-hydrogen) atoms. The van der Waals surface area contributed by atoms with Crippen molar-refractivity contribution in [1.82, 2.24) is 9.62 Å². The molecule has 0 aromatic heterocycles. The zero-order valence-corrected chi connectivity index (χ0v) is 17.5. The molecule has 0 saturated carbocycles. The largest absolute Gasteiger partial charge is 0.339 e. The van der Waals surface area contributed by atoms with Gasteiger partial charge in [-0.05, 0) is 41.7 Å². The summed E-state index contributed by atoms with van der Waals surface area (Å²) in [7, 11) is 0. The highest BCUT2D eigenvalue weighted by molar-refractivity contribution is 8.02. The maximum absolute atomic E-state index is 2.60. The summed E-state index contributed by atoms with van der Waals surface area (Å²) in [6.07, 6.45) is 0. The van der Waals surface area contributed by atoms with Crippen molar-refractivity contribution >= 4 is 18.7 Å². The van der Waals surface area contributed by atoms with Gasteiger partial charge in [0.2, 0.25) is 0 Å². The molecular formula is C20H35BN2S. The Hall–Kier alpha value is -0.705. The first-order chi connectivity index (χ1) is 11.3. The van der Waals surface area contributed by atoms with Gasteiger partial charge in [-0.1, -0.05) is 91.3 Å². The predicted octanol–water partition coefficient (Wildman–Crippen LogP) is 5.56. The van der Waals surface area contributed by atoms with Gasteiger partial charge in [0, 0.05) is 4.90 Å². The minimum atomic E-state index is 0.307. The summed E-state index contributed by atoms with van der Waals surface area (Å²) in [4.78, 5) is 6.48. The number of hydrogen-bond acceptors (Lipinski definition) is 3. The SMILES string of the molecule is CC(C)N(B(/C=C\Sc1ccccc1)N(C(C)C)C(C)C)C(C)C. The highest BCUT2D eigenvalue weighted by atomic mass is 32.2. The van der Waals surface area contributed by atoms with Crippen LogP contribution in [-0.2, 0) is 0 Å². The van der Waals surface area contributed by atoms with Gasteiger partial charge in [-0.2, -0.15) is 0 Å². The van der Waals surface area contributed by atoms with E-state index in [4.69, 9.17) is 0 Å². The van der Waals surface area contributed by atoms with E-state index in [1.165, 1.54) is 4.90 Å². The van der Waals surface area contributed by atoms with E-state index in [1.54, 1.807) is 11.8 Å². The Bertz CT molecular complexity index is 450. The minimum Gasteiger partial charge on any atom is -0.320 e. The highest BCUT2D eigenvalue weighted by Gasteiger charge is 2.34. The summed E-state index contributed by atoms with van der Waals surface area (Å²) in [6, 6.07) is 12.6. The fourth-order valence-corrected chi connectivity index (χ4v) is 4.14. The zero-order chi connectivity index (χ0) is 18.3. The maximum atomic E-state index is 2.60. The molecule has 0 unspecified atom stereocenters. The van der Waals surface area contributed by atoms with Crippen LogP contribution < -0.4 is 0 Å². The molecule has 2 nitrogen and oxygen atoms in total. The first-order valence-corrected chi connectivity index (χ1v) is 10.1. The van der Waals surface area contributed by atoms with Crippen molar-refractivity contribution in [3.63, 3.8) is 0 Å².